The van der Waals surface area contributed by atoms with E-state index in [1.54, 1.807) is 19.4 Å². The molecular formula is C18H16N4O. The number of carbonyl (C=O) groups excluding carboxylic acids is 1. The molecule has 1 amide bonds. The van der Waals surface area contributed by atoms with Crippen molar-refractivity contribution in [2.75, 3.05) is 7.05 Å². The van der Waals surface area contributed by atoms with Crippen molar-refractivity contribution in [3.63, 3.8) is 0 Å². The number of fused-ring (bicyclic) bond motifs is 1. The number of aromatic nitrogens is 2. The lowest BCUT2D eigenvalue weighted by molar-refractivity contribution is 0.0955. The maximum absolute atomic E-state index is 12.2. The molecule has 0 radical (unpaired) electrons. The van der Waals surface area contributed by atoms with Gasteiger partial charge in [-0.2, -0.15) is 5.26 Å². The highest BCUT2D eigenvalue weighted by molar-refractivity contribution is 6.06. The Kier molecular flexibility index (Phi) is 3.59. The summed E-state index contributed by atoms with van der Waals surface area (Å²) in [5.74, 6) is -0.139. The summed E-state index contributed by atoms with van der Waals surface area (Å²) in [5, 5.41) is 12.9. The number of aryl methyl sites for hydroxylation is 2. The van der Waals surface area contributed by atoms with E-state index in [4.69, 9.17) is 0 Å². The first-order valence-electron chi connectivity index (χ1n) is 7.24. The lowest BCUT2D eigenvalue weighted by Crippen LogP contribution is -2.21. The Bertz CT molecular complexity index is 949. The second-order valence-corrected chi connectivity index (χ2v) is 5.38. The molecule has 1 N–H and O–H groups in total. The van der Waals surface area contributed by atoms with E-state index in [9.17, 15) is 10.1 Å². The van der Waals surface area contributed by atoms with E-state index in [1.165, 1.54) is 0 Å². The van der Waals surface area contributed by atoms with Crippen molar-refractivity contribution in [3.05, 3.63) is 53.5 Å². The highest BCUT2D eigenvalue weighted by Crippen LogP contribution is 2.34. The molecule has 0 spiro atoms. The molecule has 0 atom stereocenters. The first-order valence-corrected chi connectivity index (χ1v) is 7.24. The molecule has 0 bridgehead atoms. The summed E-state index contributed by atoms with van der Waals surface area (Å²) in [7, 11) is 3.49. The molecule has 0 unspecified atom stereocenters. The molecule has 2 heterocycles. The number of hydrogen-bond donors (Lipinski definition) is 1. The van der Waals surface area contributed by atoms with Crippen molar-refractivity contribution >= 4 is 16.8 Å². The number of benzene rings is 1. The summed E-state index contributed by atoms with van der Waals surface area (Å²) < 4.78 is 1.89. The molecule has 3 rings (SSSR count). The molecule has 2 aromatic heterocycles. The first kappa shape index (κ1) is 14.8. The van der Waals surface area contributed by atoms with Crippen LogP contribution in [0.5, 0.6) is 0 Å². The third-order valence-corrected chi connectivity index (χ3v) is 4.10. The van der Waals surface area contributed by atoms with Crippen molar-refractivity contribution in [2.45, 2.75) is 6.92 Å². The molecule has 0 saturated carbocycles. The third kappa shape index (κ3) is 2.25. The lowest BCUT2D eigenvalue weighted by atomic mass is 9.99. The van der Waals surface area contributed by atoms with E-state index >= 15 is 0 Å². The zero-order chi connectivity index (χ0) is 16.6. The van der Waals surface area contributed by atoms with Gasteiger partial charge in [-0.3, -0.25) is 9.78 Å². The number of carbonyl (C=O) groups is 1. The molecule has 0 aliphatic carbocycles. The number of amides is 1. The molecule has 114 valence electrons. The van der Waals surface area contributed by atoms with Crippen LogP contribution in [0.1, 0.15) is 21.6 Å². The smallest absolute Gasteiger partial charge is 0.267 e. The molecule has 1 aromatic carbocycles. The van der Waals surface area contributed by atoms with Gasteiger partial charge in [0, 0.05) is 37.4 Å². The minimum absolute atomic E-state index is 0.139. The summed E-state index contributed by atoms with van der Waals surface area (Å²) in [5.41, 5.74) is 4.86. The van der Waals surface area contributed by atoms with Crippen LogP contribution in [0.2, 0.25) is 0 Å². The van der Waals surface area contributed by atoms with Gasteiger partial charge in [0.25, 0.3) is 5.91 Å². The van der Waals surface area contributed by atoms with Crippen molar-refractivity contribution in [1.82, 2.24) is 14.9 Å². The zero-order valence-electron chi connectivity index (χ0n) is 13.2. The van der Waals surface area contributed by atoms with Crippen LogP contribution in [0.4, 0.5) is 0 Å². The Morgan fingerprint density at radius 1 is 1.30 bits per heavy atom. The Labute approximate surface area is 134 Å². The van der Waals surface area contributed by atoms with Crippen molar-refractivity contribution < 1.29 is 4.79 Å². The zero-order valence-corrected chi connectivity index (χ0v) is 13.2. The molecule has 5 nitrogen and oxygen atoms in total. The summed E-state index contributed by atoms with van der Waals surface area (Å²) in [4.78, 5) is 16.3. The maximum Gasteiger partial charge on any atom is 0.267 e. The van der Waals surface area contributed by atoms with Crippen LogP contribution in [-0.4, -0.2) is 22.5 Å². The Balaban J connectivity index is 2.45. The van der Waals surface area contributed by atoms with Crippen molar-refractivity contribution in [3.8, 4) is 17.2 Å². The number of nitrogens with zero attached hydrogens (tertiary/aromatic N) is 3. The fourth-order valence-corrected chi connectivity index (χ4v) is 3.03. The summed E-state index contributed by atoms with van der Waals surface area (Å²) >= 11 is 0. The Hall–Kier alpha value is -3.13. The molecule has 0 saturated heterocycles. The third-order valence-electron chi connectivity index (χ3n) is 4.10. The van der Waals surface area contributed by atoms with Gasteiger partial charge in [0.05, 0.1) is 17.1 Å². The number of nitrogens with one attached hydrogen (secondary N) is 1. The van der Waals surface area contributed by atoms with Crippen LogP contribution < -0.4 is 5.32 Å². The molecule has 0 aliphatic heterocycles. The minimum atomic E-state index is -0.139. The monoisotopic (exact) mass is 304 g/mol. The van der Waals surface area contributed by atoms with Gasteiger partial charge in [-0.1, -0.05) is 0 Å². The molecule has 0 aliphatic rings. The van der Waals surface area contributed by atoms with Gasteiger partial charge in [0.15, 0.2) is 0 Å². The molecule has 5 heteroatoms. The predicted octanol–water partition coefficient (Wildman–Crippen LogP) is 2.78. The van der Waals surface area contributed by atoms with E-state index in [1.807, 2.05) is 42.8 Å². The van der Waals surface area contributed by atoms with Gasteiger partial charge in [-0.25, -0.2) is 0 Å². The number of nitriles is 1. The normalized spacial score (nSPS) is 10.5. The topological polar surface area (TPSA) is 70.7 Å². The Morgan fingerprint density at radius 2 is 2.00 bits per heavy atom. The Morgan fingerprint density at radius 3 is 2.61 bits per heavy atom. The number of pyridine rings is 1. The van der Waals surface area contributed by atoms with Crippen LogP contribution in [-0.2, 0) is 7.05 Å². The molecule has 0 fully saturated rings. The van der Waals surface area contributed by atoms with Crippen LogP contribution in [0.15, 0.2) is 36.7 Å². The minimum Gasteiger partial charge on any atom is -0.354 e. The van der Waals surface area contributed by atoms with E-state index < -0.39 is 0 Å². The second-order valence-electron chi connectivity index (χ2n) is 5.38. The van der Waals surface area contributed by atoms with Crippen molar-refractivity contribution in [2.24, 2.45) is 7.05 Å². The molecule has 3 aromatic rings. The SMILES string of the molecule is CNC(=O)c1c(C)c2cc(C#N)cc(-c3ccncc3)c2n1C. The highest BCUT2D eigenvalue weighted by atomic mass is 16.1. The number of rotatable bonds is 2. The van der Waals surface area contributed by atoms with Crippen LogP contribution in [0, 0.1) is 18.3 Å². The fourth-order valence-electron chi connectivity index (χ4n) is 3.03. The standard InChI is InChI=1S/C18H16N4O/c1-11-14-8-12(10-19)9-15(13-4-6-21-7-5-13)17(14)22(3)16(11)18(23)20-2/h4-9H,1-3H3,(H,20,23). The van der Waals surface area contributed by atoms with Crippen LogP contribution >= 0.6 is 0 Å². The van der Waals surface area contributed by atoms with E-state index in [0.717, 1.165) is 27.6 Å². The van der Waals surface area contributed by atoms with E-state index in [0.29, 0.717) is 11.3 Å². The van der Waals surface area contributed by atoms with Crippen LogP contribution in [0.25, 0.3) is 22.0 Å². The average Bonchev–Trinajstić information content (AvgIpc) is 2.85. The van der Waals surface area contributed by atoms with Gasteiger partial charge in [-0.05, 0) is 42.3 Å². The summed E-state index contributed by atoms with van der Waals surface area (Å²) in [6, 6.07) is 9.69. The lowest BCUT2D eigenvalue weighted by Gasteiger charge is -2.08. The van der Waals surface area contributed by atoms with Gasteiger partial charge in [0.1, 0.15) is 5.69 Å². The molecular weight excluding hydrogens is 288 g/mol. The fraction of sp³-hybridized carbons (Fsp3) is 0.167. The van der Waals surface area contributed by atoms with Crippen LogP contribution in [0.3, 0.4) is 0 Å². The highest BCUT2D eigenvalue weighted by Gasteiger charge is 2.20. The summed E-state index contributed by atoms with van der Waals surface area (Å²) in [6.07, 6.45) is 3.44. The second kappa shape index (κ2) is 5.58. The van der Waals surface area contributed by atoms with Gasteiger partial charge < -0.3 is 9.88 Å². The average molecular weight is 304 g/mol. The maximum atomic E-state index is 12.2. The predicted molar refractivity (Wildman–Crippen MR) is 89.0 cm³/mol. The van der Waals surface area contributed by atoms with E-state index in [2.05, 4.69) is 16.4 Å². The summed E-state index contributed by atoms with van der Waals surface area (Å²) in [6.45, 7) is 1.91. The first-order chi connectivity index (χ1) is 11.1. The van der Waals surface area contributed by atoms with Gasteiger partial charge >= 0.3 is 0 Å². The number of hydrogen-bond acceptors (Lipinski definition) is 3. The van der Waals surface area contributed by atoms with Crippen molar-refractivity contribution in [1.29, 1.82) is 5.26 Å². The molecule has 23 heavy (non-hydrogen) atoms. The quantitative estimate of drug-likeness (QED) is 0.791. The van der Waals surface area contributed by atoms with Gasteiger partial charge in [0.2, 0.25) is 0 Å². The van der Waals surface area contributed by atoms with Gasteiger partial charge in [-0.15, -0.1) is 0 Å². The van der Waals surface area contributed by atoms with E-state index in [-0.39, 0.29) is 5.91 Å². The largest absolute Gasteiger partial charge is 0.354 e.